The Morgan fingerprint density at radius 3 is 2.37 bits per heavy atom. The monoisotopic (exact) mass is 475 g/mol. The number of carbonyl (C=O) groups is 2. The minimum absolute atomic E-state index is 0.0754. The number of aryl methyl sites for hydroxylation is 2. The lowest BCUT2D eigenvalue weighted by Crippen LogP contribution is -2.29. The number of ether oxygens (including phenoxy) is 1. The number of aromatic nitrogens is 2. The second-order valence-corrected chi connectivity index (χ2v) is 9.02. The summed E-state index contributed by atoms with van der Waals surface area (Å²) in [6, 6.07) is 15.2. The molecule has 3 aromatic rings. The predicted octanol–water partition coefficient (Wildman–Crippen LogP) is 6.28. The minimum Gasteiger partial charge on any atom is -0.461 e. The molecule has 0 unspecified atom stereocenters. The molecule has 1 aromatic heterocycles. The highest BCUT2D eigenvalue weighted by Crippen LogP contribution is 2.26. The van der Waals surface area contributed by atoms with Gasteiger partial charge in [-0.3, -0.25) is 4.79 Å². The van der Waals surface area contributed by atoms with E-state index in [0.717, 1.165) is 35.3 Å². The number of amides is 1. The van der Waals surface area contributed by atoms with E-state index in [-0.39, 0.29) is 18.2 Å². The molecule has 0 fully saturated rings. The van der Waals surface area contributed by atoms with Crippen LogP contribution in [0, 0.1) is 19.8 Å². The number of carbonyl (C=O) groups excluding carboxylic acids is 2. The molecule has 0 radical (unpaired) electrons. The number of nitrogens with one attached hydrogen (secondary N) is 1. The highest BCUT2D eigenvalue weighted by Gasteiger charge is 2.18. The van der Waals surface area contributed by atoms with E-state index < -0.39 is 5.97 Å². The first-order chi connectivity index (χ1) is 16.9. The first-order valence-electron chi connectivity index (χ1n) is 12.6. The summed E-state index contributed by atoms with van der Waals surface area (Å²) >= 11 is 0. The molecule has 0 saturated carbocycles. The molecule has 0 aliphatic carbocycles. The fourth-order valence-electron chi connectivity index (χ4n) is 4.03. The van der Waals surface area contributed by atoms with E-state index in [1.807, 2.05) is 18.2 Å². The van der Waals surface area contributed by atoms with E-state index in [1.165, 1.54) is 18.4 Å². The van der Waals surface area contributed by atoms with Gasteiger partial charge in [-0.05, 0) is 80.6 Å². The van der Waals surface area contributed by atoms with Crippen LogP contribution in [0.25, 0.3) is 16.9 Å². The first kappa shape index (κ1) is 26.2. The van der Waals surface area contributed by atoms with Crippen LogP contribution in [0.5, 0.6) is 0 Å². The van der Waals surface area contributed by atoms with Crippen LogP contribution in [0.15, 0.2) is 48.5 Å². The van der Waals surface area contributed by atoms with Gasteiger partial charge in [0.15, 0.2) is 5.69 Å². The number of esters is 1. The van der Waals surface area contributed by atoms with Crippen LogP contribution in [0.2, 0.25) is 0 Å². The normalized spacial score (nSPS) is 11.8. The summed E-state index contributed by atoms with van der Waals surface area (Å²) in [5.41, 5.74) is 5.71. The van der Waals surface area contributed by atoms with E-state index in [0.29, 0.717) is 18.0 Å². The number of rotatable bonds is 11. The summed E-state index contributed by atoms with van der Waals surface area (Å²) in [5, 5.41) is 7.62. The van der Waals surface area contributed by atoms with Crippen molar-refractivity contribution in [1.29, 1.82) is 0 Å². The largest absolute Gasteiger partial charge is 0.461 e. The van der Waals surface area contributed by atoms with Crippen molar-refractivity contribution in [2.75, 3.05) is 13.2 Å². The maximum absolute atomic E-state index is 12.7. The second-order valence-electron chi connectivity index (χ2n) is 9.02. The summed E-state index contributed by atoms with van der Waals surface area (Å²) < 4.78 is 6.91. The molecular weight excluding hydrogens is 438 g/mol. The van der Waals surface area contributed by atoms with Gasteiger partial charge in [0.2, 0.25) is 0 Å². The summed E-state index contributed by atoms with van der Waals surface area (Å²) in [5.74, 6) is -0.0292. The van der Waals surface area contributed by atoms with Crippen LogP contribution in [0.3, 0.4) is 0 Å². The van der Waals surface area contributed by atoms with E-state index >= 15 is 0 Å². The summed E-state index contributed by atoms with van der Waals surface area (Å²) in [6.45, 7) is 11.2. The van der Waals surface area contributed by atoms with Crippen LogP contribution in [-0.4, -0.2) is 34.8 Å². The average molecular weight is 476 g/mol. The molecular formula is C29H37N3O3. The fourth-order valence-corrected chi connectivity index (χ4v) is 4.03. The Kier molecular flexibility index (Phi) is 9.24. The van der Waals surface area contributed by atoms with Gasteiger partial charge in [0, 0.05) is 17.7 Å². The Hall–Kier alpha value is -3.41. The van der Waals surface area contributed by atoms with Crippen LogP contribution in [-0.2, 0) is 4.74 Å². The fraction of sp³-hybridized carbons (Fsp3) is 0.414. The van der Waals surface area contributed by atoms with E-state index in [9.17, 15) is 9.59 Å². The summed E-state index contributed by atoms with van der Waals surface area (Å²) in [6.07, 6.45) is 4.54. The molecule has 6 heteroatoms. The molecule has 1 amide bonds. The number of unbranched alkanes of at least 4 members (excludes halogenated alkanes) is 1. The molecule has 0 aliphatic rings. The molecule has 186 valence electrons. The zero-order valence-electron chi connectivity index (χ0n) is 21.6. The van der Waals surface area contributed by atoms with Gasteiger partial charge in [-0.2, -0.15) is 5.10 Å². The molecule has 0 saturated heterocycles. The lowest BCUT2D eigenvalue weighted by Gasteiger charge is -2.15. The average Bonchev–Trinajstić information content (AvgIpc) is 3.31. The molecule has 0 aliphatic heterocycles. The summed E-state index contributed by atoms with van der Waals surface area (Å²) in [4.78, 5) is 25.1. The smallest absolute Gasteiger partial charge is 0.358 e. The third-order valence-corrected chi connectivity index (χ3v) is 6.47. The third-order valence-electron chi connectivity index (χ3n) is 6.47. The van der Waals surface area contributed by atoms with Gasteiger partial charge in [0.1, 0.15) is 0 Å². The van der Waals surface area contributed by atoms with E-state index in [4.69, 9.17) is 4.74 Å². The number of hydrogen-bond acceptors (Lipinski definition) is 4. The lowest BCUT2D eigenvalue weighted by atomic mass is 9.99. The van der Waals surface area contributed by atoms with Crippen molar-refractivity contribution in [2.45, 2.75) is 60.3 Å². The first-order valence-corrected chi connectivity index (χ1v) is 12.6. The standard InChI is InChI=1S/C29H37N3O3/c1-6-9-10-22(7-2)19-30-28(33)23-13-15-25(16-14-23)32-27(18-26(31-32)29(34)35-8-3)24-12-11-20(4)21(5)17-24/h11-18,22H,6-10,19H2,1-5H3,(H,30,33)/t22-/m0/s1. The van der Waals surface area contributed by atoms with Crippen molar-refractivity contribution >= 4 is 11.9 Å². The van der Waals surface area contributed by atoms with Crippen molar-refractivity contribution in [1.82, 2.24) is 15.1 Å². The van der Waals surface area contributed by atoms with Crippen LogP contribution in [0.4, 0.5) is 0 Å². The zero-order valence-corrected chi connectivity index (χ0v) is 21.6. The lowest BCUT2D eigenvalue weighted by molar-refractivity contribution is 0.0518. The molecule has 3 rings (SSSR count). The molecule has 0 bridgehead atoms. The molecule has 35 heavy (non-hydrogen) atoms. The maximum atomic E-state index is 12.7. The highest BCUT2D eigenvalue weighted by molar-refractivity contribution is 5.94. The van der Waals surface area contributed by atoms with Crippen molar-refractivity contribution in [3.05, 3.63) is 70.9 Å². The molecule has 2 aromatic carbocycles. The van der Waals surface area contributed by atoms with Crippen LogP contribution < -0.4 is 5.32 Å². The molecule has 1 atom stereocenters. The van der Waals surface area contributed by atoms with Crippen LogP contribution >= 0.6 is 0 Å². The Labute approximate surface area is 208 Å². The molecule has 1 N–H and O–H groups in total. The molecule has 1 heterocycles. The highest BCUT2D eigenvalue weighted by atomic mass is 16.5. The Bertz CT molecular complexity index is 1150. The van der Waals surface area contributed by atoms with Gasteiger partial charge in [0.05, 0.1) is 18.0 Å². The predicted molar refractivity (Wildman–Crippen MR) is 140 cm³/mol. The maximum Gasteiger partial charge on any atom is 0.358 e. The van der Waals surface area contributed by atoms with Crippen molar-refractivity contribution < 1.29 is 14.3 Å². The van der Waals surface area contributed by atoms with Gasteiger partial charge >= 0.3 is 5.97 Å². The number of nitrogens with zero attached hydrogens (tertiary/aromatic N) is 2. The Morgan fingerprint density at radius 2 is 1.74 bits per heavy atom. The van der Waals surface area contributed by atoms with E-state index in [2.05, 4.69) is 50.2 Å². The Morgan fingerprint density at radius 1 is 1.00 bits per heavy atom. The number of benzene rings is 2. The van der Waals surface area contributed by atoms with Gasteiger partial charge in [-0.1, -0.05) is 45.2 Å². The van der Waals surface area contributed by atoms with Gasteiger partial charge < -0.3 is 10.1 Å². The van der Waals surface area contributed by atoms with Crippen molar-refractivity contribution in [2.24, 2.45) is 5.92 Å². The molecule has 6 nitrogen and oxygen atoms in total. The van der Waals surface area contributed by atoms with Gasteiger partial charge in [-0.15, -0.1) is 0 Å². The minimum atomic E-state index is -0.458. The second kappa shape index (κ2) is 12.3. The van der Waals surface area contributed by atoms with Crippen molar-refractivity contribution in [3.8, 4) is 16.9 Å². The molecule has 0 spiro atoms. The zero-order chi connectivity index (χ0) is 25.4. The van der Waals surface area contributed by atoms with Gasteiger partial charge in [0.25, 0.3) is 5.91 Å². The number of hydrogen-bond donors (Lipinski definition) is 1. The van der Waals surface area contributed by atoms with Gasteiger partial charge in [-0.25, -0.2) is 9.48 Å². The SMILES string of the molecule is CCCC[C@H](CC)CNC(=O)c1ccc(-n2nc(C(=O)OCC)cc2-c2ccc(C)c(C)c2)cc1. The topological polar surface area (TPSA) is 73.2 Å². The summed E-state index contributed by atoms with van der Waals surface area (Å²) in [7, 11) is 0. The van der Waals surface area contributed by atoms with E-state index in [1.54, 1.807) is 29.8 Å². The van der Waals surface area contributed by atoms with Crippen LogP contribution in [0.1, 0.15) is 78.4 Å². The third kappa shape index (κ3) is 6.59. The Balaban J connectivity index is 1.86. The quantitative estimate of drug-likeness (QED) is 0.331. The van der Waals surface area contributed by atoms with Crippen molar-refractivity contribution in [3.63, 3.8) is 0 Å².